The second kappa shape index (κ2) is 10.6. The largest absolute Gasteiger partial charge is 0.504 e. The molecule has 0 saturated carbocycles. The highest BCUT2D eigenvalue weighted by Crippen LogP contribution is 2.36. The Balaban J connectivity index is 1.59. The molecule has 2 N–H and O–H groups in total. The van der Waals surface area contributed by atoms with Crippen molar-refractivity contribution in [3.63, 3.8) is 0 Å². The number of phenols is 1. The average molecular weight is 485 g/mol. The minimum absolute atomic E-state index is 0.0373. The fourth-order valence-electron chi connectivity index (χ4n) is 4.28. The number of carbonyl (C=O) groups is 2. The van der Waals surface area contributed by atoms with Crippen molar-refractivity contribution >= 4 is 23.5 Å². The zero-order valence-electron chi connectivity index (χ0n) is 19.7. The molecule has 2 aromatic rings. The number of guanidine groups is 1. The second-order valence-electron chi connectivity index (χ2n) is 8.23. The first-order chi connectivity index (χ1) is 16.9. The third-order valence-electron chi connectivity index (χ3n) is 6.03. The number of carbonyl (C=O) groups excluding carboxylic acids is 2. The van der Waals surface area contributed by atoms with Crippen LogP contribution in [0.3, 0.4) is 0 Å². The quantitative estimate of drug-likeness (QED) is 0.480. The zero-order valence-corrected chi connectivity index (χ0v) is 19.7. The van der Waals surface area contributed by atoms with E-state index in [1.165, 1.54) is 18.2 Å². The van der Waals surface area contributed by atoms with Crippen LogP contribution >= 0.6 is 0 Å². The Kier molecular flexibility index (Phi) is 7.38. The zero-order chi connectivity index (χ0) is 24.9. The summed E-state index contributed by atoms with van der Waals surface area (Å²) in [5, 5.41) is 12.9. The third-order valence-corrected chi connectivity index (χ3v) is 6.03. The van der Waals surface area contributed by atoms with Crippen LogP contribution < -0.4 is 15.0 Å². The fraction of sp³-hybridized carbons (Fsp3) is 0.400. The number of aromatic hydroxyl groups is 1. The van der Waals surface area contributed by atoms with E-state index in [1.54, 1.807) is 38.1 Å². The van der Waals surface area contributed by atoms with Gasteiger partial charge in [-0.25, -0.2) is 9.38 Å². The monoisotopic (exact) mass is 484 g/mol. The van der Waals surface area contributed by atoms with Crippen molar-refractivity contribution in [1.82, 2.24) is 10.2 Å². The Morgan fingerprint density at radius 2 is 1.77 bits per heavy atom. The van der Waals surface area contributed by atoms with Gasteiger partial charge < -0.3 is 24.4 Å². The van der Waals surface area contributed by atoms with Gasteiger partial charge in [0, 0.05) is 31.9 Å². The van der Waals surface area contributed by atoms with Gasteiger partial charge in [-0.05, 0) is 55.8 Å². The highest BCUT2D eigenvalue weighted by Gasteiger charge is 2.42. The van der Waals surface area contributed by atoms with Gasteiger partial charge in [-0.15, -0.1) is 0 Å². The number of rotatable bonds is 6. The molecule has 10 heteroatoms. The first kappa shape index (κ1) is 24.3. The average Bonchev–Trinajstić information content (AvgIpc) is 2.86. The Labute approximate surface area is 203 Å². The van der Waals surface area contributed by atoms with E-state index < -0.39 is 23.8 Å². The smallest absolute Gasteiger partial charge is 0.321 e. The van der Waals surface area contributed by atoms with Crippen molar-refractivity contribution in [2.75, 3.05) is 44.3 Å². The summed E-state index contributed by atoms with van der Waals surface area (Å²) in [5.41, 5.74) is 1.48. The first-order valence-corrected chi connectivity index (χ1v) is 11.7. The van der Waals surface area contributed by atoms with Crippen LogP contribution in [0.15, 0.2) is 47.5 Å². The molecule has 1 fully saturated rings. The lowest BCUT2D eigenvalue weighted by Crippen LogP contribution is -2.57. The van der Waals surface area contributed by atoms with Crippen molar-refractivity contribution in [3.05, 3.63) is 53.8 Å². The number of halogens is 1. The number of amides is 1. The summed E-state index contributed by atoms with van der Waals surface area (Å²) in [6, 6.07) is 10.2. The van der Waals surface area contributed by atoms with Gasteiger partial charge in [0.1, 0.15) is 11.9 Å². The Morgan fingerprint density at radius 1 is 1.09 bits per heavy atom. The van der Waals surface area contributed by atoms with Crippen LogP contribution in [0.4, 0.5) is 10.1 Å². The fourth-order valence-corrected chi connectivity index (χ4v) is 4.28. The topological polar surface area (TPSA) is 104 Å². The number of nitrogens with one attached hydrogen (secondary N) is 1. The van der Waals surface area contributed by atoms with Crippen molar-refractivity contribution < 1.29 is 28.6 Å². The molecule has 2 heterocycles. The number of hydrogen-bond donors (Lipinski definition) is 2. The molecular weight excluding hydrogens is 455 g/mol. The van der Waals surface area contributed by atoms with Gasteiger partial charge in [0.2, 0.25) is 11.9 Å². The molecule has 0 spiro atoms. The van der Waals surface area contributed by atoms with E-state index in [-0.39, 0.29) is 23.9 Å². The maximum absolute atomic E-state index is 13.3. The molecule has 9 nitrogen and oxygen atoms in total. The van der Waals surface area contributed by atoms with E-state index in [2.05, 4.69) is 10.2 Å². The van der Waals surface area contributed by atoms with Crippen LogP contribution in [-0.2, 0) is 14.3 Å². The van der Waals surface area contributed by atoms with Crippen LogP contribution in [-0.4, -0.2) is 67.2 Å². The maximum atomic E-state index is 13.3. The number of phenolic OH excluding ortho intramolecular Hbond substituents is 1. The molecule has 1 amide bonds. The minimum Gasteiger partial charge on any atom is -0.504 e. The Morgan fingerprint density at radius 3 is 2.43 bits per heavy atom. The van der Waals surface area contributed by atoms with E-state index in [4.69, 9.17) is 14.5 Å². The molecule has 0 radical (unpaired) electrons. The standard InChI is InChI=1S/C25H29FN4O5/c1-3-34-20-15-16(5-10-19(20)31)22-21(24(33)35-4-2)23(32)28-25(27-22)30-13-11-29(12-14-30)18-8-6-17(26)7-9-18/h5-10,15,21-22,31H,3-4,11-14H2,1-2H3,(H,27,28,32)/t21-,22-/m0/s1. The number of piperazine rings is 1. The molecule has 0 bridgehead atoms. The summed E-state index contributed by atoms with van der Waals surface area (Å²) in [5.74, 6) is -2.01. The van der Waals surface area contributed by atoms with E-state index in [9.17, 15) is 19.1 Å². The van der Waals surface area contributed by atoms with Crippen LogP contribution in [0.2, 0.25) is 0 Å². The number of ether oxygens (including phenoxy) is 2. The Hall–Kier alpha value is -3.82. The van der Waals surface area contributed by atoms with Crippen molar-refractivity contribution in [3.8, 4) is 11.5 Å². The van der Waals surface area contributed by atoms with Crippen LogP contribution in [0.25, 0.3) is 0 Å². The molecule has 2 aromatic carbocycles. The van der Waals surface area contributed by atoms with Gasteiger partial charge in [0.05, 0.1) is 13.2 Å². The summed E-state index contributed by atoms with van der Waals surface area (Å²) in [7, 11) is 0. The van der Waals surface area contributed by atoms with Gasteiger partial charge in [-0.1, -0.05) is 6.07 Å². The highest BCUT2D eigenvalue weighted by atomic mass is 19.1. The van der Waals surface area contributed by atoms with Gasteiger partial charge >= 0.3 is 5.97 Å². The van der Waals surface area contributed by atoms with Crippen LogP contribution in [0.1, 0.15) is 25.5 Å². The summed E-state index contributed by atoms with van der Waals surface area (Å²) in [6.07, 6.45) is 0. The van der Waals surface area contributed by atoms with Crippen LogP contribution in [0, 0.1) is 11.7 Å². The first-order valence-electron chi connectivity index (χ1n) is 11.7. The molecule has 35 heavy (non-hydrogen) atoms. The number of benzene rings is 2. The number of nitrogens with zero attached hydrogens (tertiary/aromatic N) is 3. The minimum atomic E-state index is -1.17. The maximum Gasteiger partial charge on any atom is 0.321 e. The second-order valence-corrected chi connectivity index (χ2v) is 8.23. The molecule has 4 rings (SSSR count). The van der Waals surface area contributed by atoms with Gasteiger partial charge in [-0.3, -0.25) is 14.9 Å². The molecule has 0 unspecified atom stereocenters. The predicted octanol–water partition coefficient (Wildman–Crippen LogP) is 2.46. The SMILES string of the molecule is CCOC(=O)[C@@H]1C(=O)NC(N2CCN(c3ccc(F)cc3)CC2)=N[C@H]1c1ccc(O)c(OCC)c1. The number of esters is 1. The van der Waals surface area contributed by atoms with Crippen molar-refractivity contribution in [1.29, 1.82) is 0 Å². The third kappa shape index (κ3) is 5.31. The molecule has 2 aliphatic rings. The van der Waals surface area contributed by atoms with Gasteiger partial charge in [0.15, 0.2) is 17.4 Å². The highest BCUT2D eigenvalue weighted by molar-refractivity contribution is 6.08. The molecule has 1 saturated heterocycles. The lowest BCUT2D eigenvalue weighted by Gasteiger charge is -2.39. The van der Waals surface area contributed by atoms with Crippen molar-refractivity contribution in [2.45, 2.75) is 19.9 Å². The number of hydrogen-bond acceptors (Lipinski definition) is 8. The Bertz CT molecular complexity index is 1100. The summed E-state index contributed by atoms with van der Waals surface area (Å²) >= 11 is 0. The molecule has 0 aromatic heterocycles. The lowest BCUT2D eigenvalue weighted by atomic mass is 9.91. The van der Waals surface area contributed by atoms with Gasteiger partial charge in [0.25, 0.3) is 0 Å². The molecule has 2 atom stereocenters. The van der Waals surface area contributed by atoms with E-state index in [0.717, 1.165) is 5.69 Å². The number of aliphatic imine (C=N–C) groups is 1. The van der Waals surface area contributed by atoms with E-state index in [0.29, 0.717) is 44.3 Å². The molecule has 186 valence electrons. The van der Waals surface area contributed by atoms with E-state index in [1.807, 2.05) is 4.90 Å². The van der Waals surface area contributed by atoms with Crippen molar-refractivity contribution in [2.24, 2.45) is 10.9 Å². The lowest BCUT2D eigenvalue weighted by molar-refractivity contribution is -0.153. The summed E-state index contributed by atoms with van der Waals surface area (Å²) in [4.78, 5) is 34.6. The van der Waals surface area contributed by atoms with Crippen LogP contribution in [0.5, 0.6) is 11.5 Å². The summed E-state index contributed by atoms with van der Waals surface area (Å²) < 4.78 is 23.9. The van der Waals surface area contributed by atoms with E-state index >= 15 is 0 Å². The number of anilines is 1. The van der Waals surface area contributed by atoms with Gasteiger partial charge in [-0.2, -0.15) is 0 Å². The molecular formula is C25H29FN4O5. The molecule has 2 aliphatic heterocycles. The normalized spacial score (nSPS) is 20.2. The predicted molar refractivity (Wildman–Crippen MR) is 128 cm³/mol. The summed E-state index contributed by atoms with van der Waals surface area (Å²) in [6.45, 7) is 6.41. The molecule has 0 aliphatic carbocycles.